The molecule has 20 heavy (non-hydrogen) atoms. The minimum absolute atomic E-state index is 0.0902. The molecule has 0 spiro atoms. The summed E-state index contributed by atoms with van der Waals surface area (Å²) in [6, 6.07) is 0. The van der Waals surface area contributed by atoms with Crippen molar-refractivity contribution in [2.75, 3.05) is 13.1 Å². The van der Waals surface area contributed by atoms with Crippen LogP contribution in [0.5, 0.6) is 0 Å². The van der Waals surface area contributed by atoms with Gasteiger partial charge in [-0.05, 0) is 33.1 Å². The van der Waals surface area contributed by atoms with Gasteiger partial charge in [-0.1, -0.05) is 26.7 Å². The SMILES string of the molecule is CCC(CC)C1(C(=O)O)CCN(C(=O)OC(C)(C)C)C1. The maximum Gasteiger partial charge on any atom is 0.410 e. The third kappa shape index (κ3) is 3.44. The van der Waals surface area contributed by atoms with Gasteiger partial charge in [0.05, 0.1) is 5.41 Å². The van der Waals surface area contributed by atoms with E-state index in [1.807, 2.05) is 34.6 Å². The van der Waals surface area contributed by atoms with E-state index in [-0.39, 0.29) is 12.5 Å². The van der Waals surface area contributed by atoms with Gasteiger partial charge in [-0.25, -0.2) is 4.79 Å². The van der Waals surface area contributed by atoms with Gasteiger partial charge in [-0.3, -0.25) is 4.79 Å². The lowest BCUT2D eigenvalue weighted by Crippen LogP contribution is -2.43. The van der Waals surface area contributed by atoms with Crippen LogP contribution in [0, 0.1) is 11.3 Å². The van der Waals surface area contributed by atoms with Gasteiger partial charge in [0.1, 0.15) is 5.60 Å². The third-order valence-electron chi connectivity index (χ3n) is 4.15. The zero-order valence-corrected chi connectivity index (χ0v) is 13.2. The second-order valence-electron chi connectivity index (χ2n) is 6.63. The lowest BCUT2D eigenvalue weighted by atomic mass is 9.72. The lowest BCUT2D eigenvalue weighted by molar-refractivity contribution is -0.152. The first-order chi connectivity index (χ1) is 9.16. The van der Waals surface area contributed by atoms with E-state index < -0.39 is 23.1 Å². The maximum absolute atomic E-state index is 12.1. The Bertz CT molecular complexity index is 371. The van der Waals surface area contributed by atoms with Crippen LogP contribution < -0.4 is 0 Å². The summed E-state index contributed by atoms with van der Waals surface area (Å²) in [4.78, 5) is 25.4. The van der Waals surface area contributed by atoms with E-state index in [4.69, 9.17) is 4.74 Å². The molecule has 0 aromatic carbocycles. The van der Waals surface area contributed by atoms with Crippen molar-refractivity contribution in [2.24, 2.45) is 11.3 Å². The Morgan fingerprint density at radius 3 is 2.25 bits per heavy atom. The second kappa shape index (κ2) is 6.02. The van der Waals surface area contributed by atoms with Gasteiger partial charge in [-0.15, -0.1) is 0 Å². The molecule has 1 unspecified atom stereocenters. The topological polar surface area (TPSA) is 66.8 Å². The van der Waals surface area contributed by atoms with Crippen molar-refractivity contribution in [1.29, 1.82) is 0 Å². The number of carbonyl (C=O) groups excluding carboxylic acids is 1. The standard InChI is InChI=1S/C15H27NO4/c1-6-11(7-2)15(12(17)18)8-9-16(10-15)13(19)20-14(3,4)5/h11H,6-10H2,1-5H3,(H,17,18). The predicted molar refractivity (Wildman–Crippen MR) is 76.6 cm³/mol. The molecular weight excluding hydrogens is 258 g/mol. The molecule has 1 heterocycles. The Hall–Kier alpha value is -1.26. The summed E-state index contributed by atoms with van der Waals surface area (Å²) in [5.41, 5.74) is -1.37. The van der Waals surface area contributed by atoms with E-state index in [1.165, 1.54) is 4.90 Å². The number of hydrogen-bond donors (Lipinski definition) is 1. The van der Waals surface area contributed by atoms with Crippen LogP contribution in [0.15, 0.2) is 0 Å². The van der Waals surface area contributed by atoms with Gasteiger partial charge in [0, 0.05) is 13.1 Å². The van der Waals surface area contributed by atoms with Crippen LogP contribution in [-0.2, 0) is 9.53 Å². The molecule has 1 N–H and O–H groups in total. The summed E-state index contributed by atoms with van der Waals surface area (Å²) in [5.74, 6) is -0.704. The quantitative estimate of drug-likeness (QED) is 0.861. The number of carboxylic acids is 1. The van der Waals surface area contributed by atoms with E-state index >= 15 is 0 Å². The molecular formula is C15H27NO4. The molecule has 1 amide bonds. The van der Waals surface area contributed by atoms with Gasteiger partial charge >= 0.3 is 12.1 Å². The molecule has 0 aromatic heterocycles. The molecule has 5 heteroatoms. The van der Waals surface area contributed by atoms with Crippen LogP contribution in [0.2, 0.25) is 0 Å². The summed E-state index contributed by atoms with van der Waals surface area (Å²) >= 11 is 0. The van der Waals surface area contributed by atoms with Crippen LogP contribution in [0.25, 0.3) is 0 Å². The smallest absolute Gasteiger partial charge is 0.410 e. The van der Waals surface area contributed by atoms with E-state index in [2.05, 4.69) is 0 Å². The van der Waals surface area contributed by atoms with Crippen LogP contribution >= 0.6 is 0 Å². The van der Waals surface area contributed by atoms with Gasteiger partial charge in [-0.2, -0.15) is 0 Å². The average molecular weight is 285 g/mol. The molecule has 0 radical (unpaired) electrons. The van der Waals surface area contributed by atoms with Crippen LogP contribution in [0.3, 0.4) is 0 Å². The summed E-state index contributed by atoms with van der Waals surface area (Å²) in [7, 11) is 0. The summed E-state index contributed by atoms with van der Waals surface area (Å²) in [6.07, 6.45) is 1.72. The Kier molecular flexibility index (Phi) is 5.05. The minimum Gasteiger partial charge on any atom is -0.481 e. The van der Waals surface area contributed by atoms with Gasteiger partial charge in [0.2, 0.25) is 0 Å². The minimum atomic E-state index is -0.819. The fourth-order valence-corrected chi connectivity index (χ4v) is 3.07. The number of aliphatic carboxylic acids is 1. The van der Waals surface area contributed by atoms with Crippen molar-refractivity contribution in [3.8, 4) is 0 Å². The first-order valence-electron chi connectivity index (χ1n) is 7.37. The molecule has 1 fully saturated rings. The van der Waals surface area contributed by atoms with Crippen molar-refractivity contribution in [3.05, 3.63) is 0 Å². The number of ether oxygens (including phenoxy) is 1. The number of carbonyl (C=O) groups is 2. The van der Waals surface area contributed by atoms with Crippen molar-refractivity contribution < 1.29 is 19.4 Å². The molecule has 0 saturated carbocycles. The van der Waals surface area contributed by atoms with E-state index in [1.54, 1.807) is 0 Å². The molecule has 0 aliphatic carbocycles. The Balaban J connectivity index is 2.85. The van der Waals surface area contributed by atoms with Crippen LogP contribution in [0.1, 0.15) is 53.9 Å². The molecule has 1 saturated heterocycles. The highest BCUT2D eigenvalue weighted by atomic mass is 16.6. The first kappa shape index (κ1) is 16.8. The number of likely N-dealkylation sites (tertiary alicyclic amines) is 1. The predicted octanol–water partition coefficient (Wildman–Crippen LogP) is 3.13. The zero-order valence-electron chi connectivity index (χ0n) is 13.2. The largest absolute Gasteiger partial charge is 0.481 e. The molecule has 0 aromatic rings. The summed E-state index contributed by atoms with van der Waals surface area (Å²) in [5, 5.41) is 9.65. The number of rotatable bonds is 4. The molecule has 5 nitrogen and oxygen atoms in total. The van der Waals surface area contributed by atoms with Crippen molar-refractivity contribution in [3.63, 3.8) is 0 Å². The molecule has 1 atom stereocenters. The summed E-state index contributed by atoms with van der Waals surface area (Å²) in [6.45, 7) is 10.2. The third-order valence-corrected chi connectivity index (χ3v) is 4.15. The molecule has 1 rings (SSSR count). The van der Waals surface area contributed by atoms with E-state index in [0.717, 1.165) is 12.8 Å². The highest BCUT2D eigenvalue weighted by molar-refractivity contribution is 5.78. The van der Waals surface area contributed by atoms with Crippen molar-refractivity contribution in [2.45, 2.75) is 59.5 Å². The first-order valence-corrected chi connectivity index (χ1v) is 7.37. The Morgan fingerprint density at radius 1 is 1.30 bits per heavy atom. The van der Waals surface area contributed by atoms with Gasteiger partial charge < -0.3 is 14.7 Å². The van der Waals surface area contributed by atoms with E-state index in [9.17, 15) is 14.7 Å². The van der Waals surface area contributed by atoms with Crippen LogP contribution in [0.4, 0.5) is 4.79 Å². The zero-order chi connectivity index (χ0) is 15.6. The molecule has 0 bridgehead atoms. The Labute approximate surface area is 121 Å². The van der Waals surface area contributed by atoms with Crippen LogP contribution in [-0.4, -0.2) is 40.8 Å². The van der Waals surface area contributed by atoms with Gasteiger partial charge in [0.25, 0.3) is 0 Å². The number of carboxylic acid groups (broad SMARTS) is 1. The monoisotopic (exact) mass is 285 g/mol. The average Bonchev–Trinajstić information content (AvgIpc) is 2.75. The fraction of sp³-hybridized carbons (Fsp3) is 0.867. The lowest BCUT2D eigenvalue weighted by Gasteiger charge is -2.32. The second-order valence-corrected chi connectivity index (χ2v) is 6.63. The number of amides is 1. The number of hydrogen-bond acceptors (Lipinski definition) is 3. The van der Waals surface area contributed by atoms with E-state index in [0.29, 0.717) is 13.0 Å². The van der Waals surface area contributed by atoms with Gasteiger partial charge in [0.15, 0.2) is 0 Å². The normalized spacial score (nSPS) is 23.2. The van der Waals surface area contributed by atoms with Crippen molar-refractivity contribution >= 4 is 12.1 Å². The highest BCUT2D eigenvalue weighted by Crippen LogP contribution is 2.42. The molecule has 1 aliphatic rings. The molecule has 116 valence electrons. The number of nitrogens with zero attached hydrogens (tertiary/aromatic N) is 1. The van der Waals surface area contributed by atoms with Crippen molar-refractivity contribution in [1.82, 2.24) is 4.90 Å². The Morgan fingerprint density at radius 2 is 1.85 bits per heavy atom. The molecule has 1 aliphatic heterocycles. The maximum atomic E-state index is 12.1. The summed E-state index contributed by atoms with van der Waals surface area (Å²) < 4.78 is 5.34. The highest BCUT2D eigenvalue weighted by Gasteiger charge is 2.50. The fourth-order valence-electron chi connectivity index (χ4n) is 3.07.